The molecule has 1 aliphatic heterocycles. The molecule has 90 valence electrons. The van der Waals surface area contributed by atoms with Crippen molar-refractivity contribution < 1.29 is 9.59 Å². The number of amides is 2. The molecule has 1 fully saturated rings. The molecule has 1 aromatic rings. The first-order chi connectivity index (χ1) is 8.77. The Labute approximate surface area is 105 Å². The van der Waals surface area contributed by atoms with Crippen molar-refractivity contribution in [1.82, 2.24) is 4.90 Å². The Morgan fingerprint density at radius 1 is 0.889 bits per heavy atom. The monoisotopic (exact) mass is 239 g/mol. The molecule has 0 radical (unpaired) electrons. The molecular weight excluding hydrogens is 226 g/mol. The molecule has 3 heteroatoms. The Morgan fingerprint density at radius 2 is 1.44 bits per heavy atom. The predicted octanol–water partition coefficient (Wildman–Crippen LogP) is 1.91. The summed E-state index contributed by atoms with van der Waals surface area (Å²) in [5.41, 5.74) is 0.978. The Morgan fingerprint density at radius 3 is 2.00 bits per heavy atom. The molecule has 1 aromatic carbocycles. The Balaban J connectivity index is 1.85. The average molecular weight is 239 g/mol. The summed E-state index contributed by atoms with van der Waals surface area (Å²) in [6, 6.07) is 9.59. The zero-order chi connectivity index (χ0) is 12.5. The molecule has 0 N–H and O–H groups in total. The second-order valence-electron chi connectivity index (χ2n) is 4.57. The smallest absolute Gasteiger partial charge is 0.237 e. The number of nitrogens with zero attached hydrogens (tertiary/aromatic N) is 1. The van der Waals surface area contributed by atoms with Crippen molar-refractivity contribution in [2.24, 2.45) is 11.8 Å². The van der Waals surface area contributed by atoms with E-state index in [1.165, 1.54) is 4.90 Å². The lowest BCUT2D eigenvalue weighted by Gasteiger charge is -2.14. The summed E-state index contributed by atoms with van der Waals surface area (Å²) >= 11 is 0. The number of likely N-dealkylation sites (tertiary alicyclic amines) is 1. The minimum absolute atomic E-state index is 0.0885. The fourth-order valence-electron chi connectivity index (χ4n) is 2.47. The molecule has 2 atom stereocenters. The first-order valence-corrected chi connectivity index (χ1v) is 6.01. The van der Waals surface area contributed by atoms with Crippen LogP contribution in [0.5, 0.6) is 0 Å². The molecule has 18 heavy (non-hydrogen) atoms. The van der Waals surface area contributed by atoms with Crippen molar-refractivity contribution >= 4 is 11.8 Å². The van der Waals surface area contributed by atoms with Crippen molar-refractivity contribution in [3.8, 4) is 0 Å². The van der Waals surface area contributed by atoms with Crippen LogP contribution >= 0.6 is 0 Å². The summed E-state index contributed by atoms with van der Waals surface area (Å²) in [6.45, 7) is 0.368. The summed E-state index contributed by atoms with van der Waals surface area (Å²) in [7, 11) is 0. The van der Waals surface area contributed by atoms with E-state index in [0.717, 1.165) is 5.56 Å². The van der Waals surface area contributed by atoms with E-state index in [1.807, 2.05) is 54.6 Å². The van der Waals surface area contributed by atoms with Gasteiger partial charge in [-0.15, -0.1) is 0 Å². The van der Waals surface area contributed by atoms with Gasteiger partial charge in [-0.2, -0.15) is 0 Å². The van der Waals surface area contributed by atoms with Gasteiger partial charge < -0.3 is 0 Å². The normalized spacial score (nSPS) is 25.7. The maximum absolute atomic E-state index is 12.2. The third-order valence-corrected chi connectivity index (χ3v) is 3.42. The molecule has 1 aliphatic carbocycles. The number of rotatable bonds is 2. The third-order valence-electron chi connectivity index (χ3n) is 3.42. The van der Waals surface area contributed by atoms with Crippen LogP contribution in [0.15, 0.2) is 54.6 Å². The van der Waals surface area contributed by atoms with Crippen molar-refractivity contribution in [2.75, 3.05) is 0 Å². The van der Waals surface area contributed by atoms with Crippen LogP contribution < -0.4 is 0 Å². The number of allylic oxidation sites excluding steroid dienone is 2. The van der Waals surface area contributed by atoms with E-state index >= 15 is 0 Å². The summed E-state index contributed by atoms with van der Waals surface area (Å²) in [4.78, 5) is 25.7. The minimum Gasteiger partial charge on any atom is -0.277 e. The third kappa shape index (κ3) is 1.68. The summed E-state index contributed by atoms with van der Waals surface area (Å²) in [5.74, 6) is -0.777. The average Bonchev–Trinajstić information content (AvgIpc) is 2.66. The van der Waals surface area contributed by atoms with Gasteiger partial charge in [-0.05, 0) is 5.56 Å². The van der Waals surface area contributed by atoms with E-state index in [-0.39, 0.29) is 23.7 Å². The van der Waals surface area contributed by atoms with Gasteiger partial charge in [0.15, 0.2) is 0 Å². The van der Waals surface area contributed by atoms with Gasteiger partial charge in [-0.25, -0.2) is 0 Å². The van der Waals surface area contributed by atoms with Crippen LogP contribution in [0.1, 0.15) is 5.56 Å². The van der Waals surface area contributed by atoms with E-state index in [9.17, 15) is 9.59 Å². The molecule has 0 aromatic heterocycles. The SMILES string of the molecule is O=C1[C@@H]2C=CC=C[C@H]2C(=O)N1Cc1ccccc1. The maximum atomic E-state index is 12.2. The van der Waals surface area contributed by atoms with Crippen LogP contribution in [-0.2, 0) is 16.1 Å². The van der Waals surface area contributed by atoms with Gasteiger partial charge in [0.2, 0.25) is 11.8 Å². The first-order valence-electron chi connectivity index (χ1n) is 6.01. The number of hydrogen-bond acceptors (Lipinski definition) is 2. The number of benzene rings is 1. The quantitative estimate of drug-likeness (QED) is 0.739. The highest BCUT2D eigenvalue weighted by atomic mass is 16.2. The zero-order valence-electron chi connectivity index (χ0n) is 9.82. The number of fused-ring (bicyclic) bond motifs is 1. The number of imide groups is 1. The van der Waals surface area contributed by atoms with Crippen molar-refractivity contribution in [2.45, 2.75) is 6.54 Å². The van der Waals surface area contributed by atoms with Crippen LogP contribution in [0.3, 0.4) is 0 Å². The van der Waals surface area contributed by atoms with Crippen molar-refractivity contribution in [3.63, 3.8) is 0 Å². The van der Waals surface area contributed by atoms with E-state index in [4.69, 9.17) is 0 Å². The fraction of sp³-hybridized carbons (Fsp3) is 0.200. The highest BCUT2D eigenvalue weighted by Crippen LogP contribution is 2.31. The highest BCUT2D eigenvalue weighted by molar-refractivity contribution is 6.07. The molecule has 1 saturated heterocycles. The molecule has 1 heterocycles. The van der Waals surface area contributed by atoms with E-state index in [2.05, 4.69) is 0 Å². The fourth-order valence-corrected chi connectivity index (χ4v) is 2.47. The van der Waals surface area contributed by atoms with Crippen LogP contribution in [0.2, 0.25) is 0 Å². The Hall–Kier alpha value is -2.16. The van der Waals surface area contributed by atoms with Crippen molar-refractivity contribution in [1.29, 1.82) is 0 Å². The van der Waals surface area contributed by atoms with Gasteiger partial charge in [0.1, 0.15) is 0 Å². The summed E-state index contributed by atoms with van der Waals surface area (Å²) in [5, 5.41) is 0. The van der Waals surface area contributed by atoms with Gasteiger partial charge in [-0.3, -0.25) is 14.5 Å². The predicted molar refractivity (Wildman–Crippen MR) is 67.3 cm³/mol. The van der Waals surface area contributed by atoms with E-state index in [0.29, 0.717) is 6.54 Å². The molecule has 0 unspecified atom stereocenters. The van der Waals surface area contributed by atoms with Gasteiger partial charge in [0.25, 0.3) is 0 Å². The standard InChI is InChI=1S/C15H13NO2/c17-14-12-8-4-5-9-13(12)15(18)16(14)10-11-6-2-1-3-7-11/h1-9,12-13H,10H2/t12-,13-/m1/s1. The zero-order valence-corrected chi connectivity index (χ0v) is 9.82. The van der Waals surface area contributed by atoms with Crippen LogP contribution in [0.25, 0.3) is 0 Å². The lowest BCUT2D eigenvalue weighted by atomic mass is 9.91. The number of carbonyl (C=O) groups is 2. The van der Waals surface area contributed by atoms with Gasteiger partial charge in [0, 0.05) is 0 Å². The lowest BCUT2D eigenvalue weighted by molar-refractivity contribution is -0.140. The molecule has 3 rings (SSSR count). The maximum Gasteiger partial charge on any atom is 0.237 e. The lowest BCUT2D eigenvalue weighted by Crippen LogP contribution is -2.30. The molecule has 2 aliphatic rings. The first kappa shape index (κ1) is 11.0. The van der Waals surface area contributed by atoms with E-state index < -0.39 is 0 Å². The second-order valence-corrected chi connectivity index (χ2v) is 4.57. The van der Waals surface area contributed by atoms with Gasteiger partial charge >= 0.3 is 0 Å². The summed E-state index contributed by atoms with van der Waals surface area (Å²) < 4.78 is 0. The van der Waals surface area contributed by atoms with E-state index in [1.54, 1.807) is 0 Å². The molecule has 0 saturated carbocycles. The van der Waals surface area contributed by atoms with Crippen LogP contribution in [0.4, 0.5) is 0 Å². The number of carbonyl (C=O) groups excluding carboxylic acids is 2. The Bertz CT molecular complexity index is 515. The molecule has 2 amide bonds. The molecule has 3 nitrogen and oxygen atoms in total. The Kier molecular flexibility index (Phi) is 2.59. The van der Waals surface area contributed by atoms with Crippen LogP contribution in [0, 0.1) is 11.8 Å². The minimum atomic E-state index is -0.300. The largest absolute Gasteiger partial charge is 0.277 e. The van der Waals surface area contributed by atoms with Crippen LogP contribution in [-0.4, -0.2) is 16.7 Å². The molecular formula is C15H13NO2. The second kappa shape index (κ2) is 4.26. The van der Waals surface area contributed by atoms with Gasteiger partial charge in [0.05, 0.1) is 18.4 Å². The summed E-state index contributed by atoms with van der Waals surface area (Å²) in [6.07, 6.45) is 7.29. The van der Waals surface area contributed by atoms with Gasteiger partial charge in [-0.1, -0.05) is 54.6 Å². The molecule has 0 bridgehead atoms. The molecule has 0 spiro atoms. The topological polar surface area (TPSA) is 37.4 Å². The highest BCUT2D eigenvalue weighted by Gasteiger charge is 2.45. The number of hydrogen-bond donors (Lipinski definition) is 0. The van der Waals surface area contributed by atoms with Crippen molar-refractivity contribution in [3.05, 3.63) is 60.2 Å².